The van der Waals surface area contributed by atoms with Gasteiger partial charge in [0.1, 0.15) is 0 Å². The molecule has 0 bridgehead atoms. The van der Waals surface area contributed by atoms with Crippen LogP contribution in [0.15, 0.2) is 42.5 Å². The molecule has 0 aliphatic heterocycles. The summed E-state index contributed by atoms with van der Waals surface area (Å²) in [6, 6.07) is 13.0. The molecule has 0 nitrogen and oxygen atoms in total. The number of unbranched alkanes of at least 4 members (excludes halogenated alkanes) is 9. The molecule has 3 rings (SSSR count). The molecule has 26 heavy (non-hydrogen) atoms. The number of benzene rings is 2. The molecular weight excluding hydrogens is 510 g/mol. The molecule has 1 radical (unpaired) electrons. The van der Waals surface area contributed by atoms with Gasteiger partial charge in [0.15, 0.2) is 0 Å². The van der Waals surface area contributed by atoms with Crippen LogP contribution in [0.2, 0.25) is 0 Å². The van der Waals surface area contributed by atoms with Gasteiger partial charge >= 0.3 is 26.2 Å². The van der Waals surface area contributed by atoms with Crippen LogP contribution in [-0.2, 0) is 6.42 Å². The SMILES string of the molecule is C1=Cc2cccc3cccc(c23)C1.[AtH].[CH2]CCCCCCCCCCC. The second-order valence-corrected chi connectivity index (χ2v) is 7.15. The van der Waals surface area contributed by atoms with Crippen LogP contribution in [0.25, 0.3) is 16.8 Å². The molecule has 0 heterocycles. The largest absolute Gasteiger partial charge is 0.0654 e. The Balaban J connectivity index is 0.000000252. The molecule has 143 valence electrons. The van der Waals surface area contributed by atoms with Gasteiger partial charge in [-0.2, -0.15) is 0 Å². The monoisotopic (exact) mass is 546 g/mol. The van der Waals surface area contributed by atoms with Gasteiger partial charge in [0.25, 0.3) is 0 Å². The molecule has 1 aliphatic carbocycles. The molecule has 0 unspecified atom stereocenters. The summed E-state index contributed by atoms with van der Waals surface area (Å²) in [7, 11) is 0. The van der Waals surface area contributed by atoms with E-state index in [9.17, 15) is 0 Å². The number of hydrogen-bond donors (Lipinski definition) is 0. The Hall–Kier alpha value is -0.677. The fourth-order valence-corrected chi connectivity index (χ4v) is 3.56. The first-order chi connectivity index (χ1) is 12.4. The molecule has 0 spiro atoms. The predicted molar refractivity (Wildman–Crippen MR) is 115 cm³/mol. The minimum Gasteiger partial charge on any atom is -0.0654 e. The summed E-state index contributed by atoms with van der Waals surface area (Å²) in [6.45, 7) is 6.12. The van der Waals surface area contributed by atoms with E-state index in [2.05, 4.69) is 62.4 Å². The van der Waals surface area contributed by atoms with Crippen LogP contribution in [0.1, 0.15) is 82.3 Å². The number of hydrogen-bond acceptors (Lipinski definition) is 0. The standard InChI is InChI=1S/C13H10.C12H25.AtH/c1-4-10-6-2-8-12-9-3-7-11(5-1)13(10)12;1-3-5-7-9-11-12-10-8-6-4-2;/h1-8H,9H2;1,3-12H2,2H3;1H. The first kappa shape index (κ1) is 23.4. The van der Waals surface area contributed by atoms with E-state index in [0.717, 1.165) is 12.8 Å². The van der Waals surface area contributed by atoms with Crippen molar-refractivity contribution in [1.82, 2.24) is 0 Å². The van der Waals surface area contributed by atoms with Gasteiger partial charge in [-0.25, -0.2) is 0 Å². The Labute approximate surface area is 180 Å². The normalized spacial score (nSPS) is 11.6. The maximum absolute atomic E-state index is 3.84. The minimum atomic E-state index is 0. The second-order valence-electron chi connectivity index (χ2n) is 7.15. The molecule has 1 aliphatic rings. The van der Waals surface area contributed by atoms with Crippen molar-refractivity contribution in [2.45, 2.75) is 77.6 Å². The van der Waals surface area contributed by atoms with Crippen molar-refractivity contribution in [2.24, 2.45) is 0 Å². The molecule has 0 atom stereocenters. The Kier molecular flexibility index (Phi) is 12.9. The average Bonchev–Trinajstić information content (AvgIpc) is 2.65. The van der Waals surface area contributed by atoms with Crippen molar-refractivity contribution >= 4 is 16.8 Å². The zero-order valence-electron chi connectivity index (χ0n) is 16.5. The van der Waals surface area contributed by atoms with Crippen molar-refractivity contribution in [1.29, 1.82) is 0 Å². The van der Waals surface area contributed by atoms with Crippen molar-refractivity contribution in [3.05, 3.63) is 60.5 Å². The van der Waals surface area contributed by atoms with E-state index in [1.54, 1.807) is 0 Å². The Morgan fingerprint density at radius 2 is 1.42 bits per heavy atom. The van der Waals surface area contributed by atoms with Crippen LogP contribution >= 0.6 is 0 Å². The Bertz CT molecular complexity index is 626. The van der Waals surface area contributed by atoms with E-state index in [0.29, 0.717) is 0 Å². The molecule has 0 aromatic heterocycles. The second kappa shape index (κ2) is 14.4. The fourth-order valence-electron chi connectivity index (χ4n) is 3.56. The van der Waals surface area contributed by atoms with Crippen molar-refractivity contribution in [2.75, 3.05) is 0 Å². The van der Waals surface area contributed by atoms with Gasteiger partial charge < -0.3 is 0 Å². The van der Waals surface area contributed by atoms with Crippen LogP contribution in [-0.4, -0.2) is 0 Å². The van der Waals surface area contributed by atoms with Crippen LogP contribution in [0, 0.1) is 33.1 Å². The van der Waals surface area contributed by atoms with Crippen LogP contribution in [0.3, 0.4) is 0 Å². The molecule has 0 saturated carbocycles. The van der Waals surface area contributed by atoms with Crippen molar-refractivity contribution in [3.8, 4) is 0 Å². The van der Waals surface area contributed by atoms with Gasteiger partial charge in [0.05, 0.1) is 0 Å². The van der Waals surface area contributed by atoms with Crippen molar-refractivity contribution in [3.63, 3.8) is 0 Å². The molecule has 0 N–H and O–H groups in total. The number of rotatable bonds is 9. The van der Waals surface area contributed by atoms with Gasteiger partial charge in [-0.05, 0) is 28.3 Å². The van der Waals surface area contributed by atoms with Gasteiger partial charge in [0.2, 0.25) is 0 Å². The van der Waals surface area contributed by atoms with E-state index in [1.165, 1.54) is 79.7 Å². The summed E-state index contributed by atoms with van der Waals surface area (Å²) in [5.74, 6) is 0. The maximum Gasteiger partial charge on any atom is -0.0533 e. The molecule has 0 fully saturated rings. The third kappa shape index (κ3) is 7.91. The molecule has 2 aromatic rings. The van der Waals surface area contributed by atoms with E-state index < -0.39 is 0 Å². The van der Waals surface area contributed by atoms with E-state index >= 15 is 0 Å². The van der Waals surface area contributed by atoms with Crippen LogP contribution in [0.5, 0.6) is 0 Å². The van der Waals surface area contributed by atoms with Gasteiger partial charge in [-0.1, -0.05) is 127 Å². The Morgan fingerprint density at radius 3 is 2.08 bits per heavy atom. The fraction of sp³-hybridized carbons (Fsp3) is 0.480. The number of allylic oxidation sites excluding steroid dienone is 1. The minimum absolute atomic E-state index is 0. The predicted octanol–water partition coefficient (Wildman–Crippen LogP) is 7.88. The van der Waals surface area contributed by atoms with E-state index in [-0.39, 0.29) is 26.2 Å². The van der Waals surface area contributed by atoms with Gasteiger partial charge in [-0.15, -0.1) is 0 Å². The summed E-state index contributed by atoms with van der Waals surface area (Å²) < 4.78 is 0. The third-order valence-electron chi connectivity index (χ3n) is 5.01. The van der Waals surface area contributed by atoms with E-state index in [4.69, 9.17) is 0 Å². The zero-order chi connectivity index (χ0) is 17.7. The molecule has 1 heteroatoms. The summed E-state index contributed by atoms with van der Waals surface area (Å²) in [5.41, 5.74) is 2.81. The van der Waals surface area contributed by atoms with Crippen LogP contribution in [0.4, 0.5) is 0 Å². The van der Waals surface area contributed by atoms with Crippen LogP contribution < -0.4 is 0 Å². The van der Waals surface area contributed by atoms with Gasteiger partial charge in [0, 0.05) is 0 Å². The summed E-state index contributed by atoms with van der Waals surface area (Å²) in [4.78, 5) is 0. The smallest absolute Gasteiger partial charge is 0.0533 e. The zero-order valence-corrected chi connectivity index (χ0v) is 19.7. The summed E-state index contributed by atoms with van der Waals surface area (Å²) >= 11 is 0. The summed E-state index contributed by atoms with van der Waals surface area (Å²) in [5, 5.41) is 2.80. The topological polar surface area (TPSA) is 0 Å². The molecule has 0 amide bonds. The molecule has 2 aromatic carbocycles. The van der Waals surface area contributed by atoms with E-state index in [1.807, 2.05) is 0 Å². The maximum atomic E-state index is 3.84. The Morgan fingerprint density at radius 1 is 0.808 bits per heavy atom. The average molecular weight is 547 g/mol. The molecular formula is C25H36At. The van der Waals surface area contributed by atoms with Crippen molar-refractivity contribution < 1.29 is 26.2 Å². The first-order valence-corrected chi connectivity index (χ1v) is 10.3. The summed E-state index contributed by atoms with van der Waals surface area (Å²) in [6.07, 6.45) is 19.4. The quantitative estimate of drug-likeness (QED) is 0.281. The molecule has 0 saturated heterocycles. The van der Waals surface area contributed by atoms with Gasteiger partial charge in [-0.3, -0.25) is 0 Å². The first-order valence-electron chi connectivity index (χ1n) is 10.3. The third-order valence-corrected chi connectivity index (χ3v) is 5.01.